The van der Waals surface area contributed by atoms with Gasteiger partial charge in [0.05, 0.1) is 0 Å². The first-order chi connectivity index (χ1) is 7.27. The maximum atomic E-state index is 6.02. The van der Waals surface area contributed by atoms with Crippen LogP contribution >= 0.6 is 24.0 Å². The van der Waals surface area contributed by atoms with Gasteiger partial charge in [-0.05, 0) is 37.6 Å². The van der Waals surface area contributed by atoms with Gasteiger partial charge in [-0.1, -0.05) is 23.7 Å². The minimum Gasteiger partial charge on any atom is -0.381 e. The van der Waals surface area contributed by atoms with E-state index < -0.39 is 0 Å². The summed E-state index contributed by atoms with van der Waals surface area (Å²) in [6, 6.07) is 8.09. The molecule has 1 saturated heterocycles. The van der Waals surface area contributed by atoms with E-state index in [-0.39, 0.29) is 17.9 Å². The maximum absolute atomic E-state index is 6.02. The van der Waals surface area contributed by atoms with Crippen LogP contribution in [0, 0.1) is 0 Å². The summed E-state index contributed by atoms with van der Waals surface area (Å²) in [6.45, 7) is 1.63. The van der Waals surface area contributed by atoms with Crippen molar-refractivity contribution in [3.05, 3.63) is 34.9 Å². The highest BCUT2D eigenvalue weighted by Crippen LogP contribution is 2.32. The molecule has 1 aliphatic heterocycles. The van der Waals surface area contributed by atoms with Crippen LogP contribution in [-0.4, -0.2) is 20.3 Å². The zero-order valence-corrected chi connectivity index (χ0v) is 10.9. The smallest absolute Gasteiger partial charge is 0.0486 e. The summed E-state index contributed by atoms with van der Waals surface area (Å²) in [5.41, 5.74) is 1.31. The van der Waals surface area contributed by atoms with E-state index in [4.69, 9.17) is 16.3 Å². The molecule has 4 heteroatoms. The van der Waals surface area contributed by atoms with E-state index in [9.17, 15) is 0 Å². The van der Waals surface area contributed by atoms with Crippen LogP contribution in [0.1, 0.15) is 18.4 Å². The lowest BCUT2D eigenvalue weighted by Gasteiger charge is -2.37. The van der Waals surface area contributed by atoms with Gasteiger partial charge >= 0.3 is 0 Å². The highest BCUT2D eigenvalue weighted by molar-refractivity contribution is 6.30. The number of rotatable bonds is 2. The van der Waals surface area contributed by atoms with E-state index in [0.717, 1.165) is 31.1 Å². The third kappa shape index (κ3) is 2.69. The van der Waals surface area contributed by atoms with Gasteiger partial charge < -0.3 is 10.1 Å². The minimum atomic E-state index is 0. The molecule has 0 radical (unpaired) electrons. The molecule has 1 aromatic rings. The third-order valence-corrected chi connectivity index (χ3v) is 3.44. The molecule has 0 amide bonds. The number of halogens is 2. The second-order valence-electron chi connectivity index (χ2n) is 3.95. The summed E-state index contributed by atoms with van der Waals surface area (Å²) in [5.74, 6) is 0. The Balaban J connectivity index is 0.00000128. The van der Waals surface area contributed by atoms with Gasteiger partial charge in [0.2, 0.25) is 0 Å². The average Bonchev–Trinajstić information content (AvgIpc) is 2.30. The van der Waals surface area contributed by atoms with Crippen LogP contribution in [-0.2, 0) is 10.3 Å². The lowest BCUT2D eigenvalue weighted by Crippen LogP contribution is -2.44. The van der Waals surface area contributed by atoms with Crippen LogP contribution in [0.4, 0.5) is 0 Å². The standard InChI is InChI=1S/C12H16ClNO.ClH/c1-14-12(5-7-15-8-6-12)10-3-2-4-11(13)9-10;/h2-4,9,14H,5-8H2,1H3;1H. The molecule has 2 rings (SSSR count). The molecule has 0 aliphatic carbocycles. The average molecular weight is 262 g/mol. The molecule has 1 aromatic carbocycles. The molecule has 0 unspecified atom stereocenters. The summed E-state index contributed by atoms with van der Waals surface area (Å²) < 4.78 is 5.41. The van der Waals surface area contributed by atoms with Gasteiger partial charge in [-0.15, -0.1) is 12.4 Å². The Bertz CT molecular complexity index is 338. The van der Waals surface area contributed by atoms with Gasteiger partial charge in [-0.2, -0.15) is 0 Å². The Kier molecular flexibility index (Phi) is 5.06. The van der Waals surface area contributed by atoms with E-state index in [0.29, 0.717) is 0 Å². The van der Waals surface area contributed by atoms with E-state index in [1.165, 1.54) is 5.56 Å². The number of hydrogen-bond donors (Lipinski definition) is 1. The second kappa shape index (κ2) is 5.87. The summed E-state index contributed by atoms with van der Waals surface area (Å²) in [7, 11) is 2.01. The number of nitrogens with one attached hydrogen (secondary N) is 1. The largest absolute Gasteiger partial charge is 0.381 e. The van der Waals surface area contributed by atoms with Crippen molar-refractivity contribution >= 4 is 24.0 Å². The molecule has 1 heterocycles. The number of benzene rings is 1. The molecule has 0 bridgehead atoms. The number of hydrogen-bond acceptors (Lipinski definition) is 2. The van der Waals surface area contributed by atoms with Crippen molar-refractivity contribution in [3.63, 3.8) is 0 Å². The van der Waals surface area contributed by atoms with Gasteiger partial charge in [0, 0.05) is 23.8 Å². The summed E-state index contributed by atoms with van der Waals surface area (Å²) in [4.78, 5) is 0. The predicted molar refractivity (Wildman–Crippen MR) is 69.5 cm³/mol. The second-order valence-corrected chi connectivity index (χ2v) is 4.39. The zero-order chi connectivity index (χ0) is 10.7. The fraction of sp³-hybridized carbons (Fsp3) is 0.500. The van der Waals surface area contributed by atoms with Crippen molar-refractivity contribution in [1.29, 1.82) is 0 Å². The van der Waals surface area contributed by atoms with Gasteiger partial charge in [-0.3, -0.25) is 0 Å². The molecule has 16 heavy (non-hydrogen) atoms. The third-order valence-electron chi connectivity index (χ3n) is 3.20. The Morgan fingerprint density at radius 1 is 1.31 bits per heavy atom. The Labute approximate surface area is 108 Å². The molecular weight excluding hydrogens is 245 g/mol. The highest BCUT2D eigenvalue weighted by atomic mass is 35.5. The first kappa shape index (κ1) is 13.8. The van der Waals surface area contributed by atoms with E-state index >= 15 is 0 Å². The molecular formula is C12H17Cl2NO. The minimum absolute atomic E-state index is 0. The summed E-state index contributed by atoms with van der Waals surface area (Å²) in [6.07, 6.45) is 2.01. The Morgan fingerprint density at radius 2 is 2.00 bits per heavy atom. The zero-order valence-electron chi connectivity index (χ0n) is 9.33. The van der Waals surface area contributed by atoms with Crippen LogP contribution in [0.5, 0.6) is 0 Å². The number of ether oxygens (including phenoxy) is 1. The van der Waals surface area contributed by atoms with Crippen LogP contribution in [0.3, 0.4) is 0 Å². The topological polar surface area (TPSA) is 21.3 Å². The first-order valence-corrected chi connectivity index (χ1v) is 5.67. The predicted octanol–water partition coefficient (Wildman–Crippen LogP) is 2.99. The monoisotopic (exact) mass is 261 g/mol. The molecule has 90 valence electrons. The van der Waals surface area contributed by atoms with Crippen LogP contribution < -0.4 is 5.32 Å². The van der Waals surface area contributed by atoms with Crippen molar-refractivity contribution in [2.24, 2.45) is 0 Å². The molecule has 1 aliphatic rings. The lowest BCUT2D eigenvalue weighted by molar-refractivity contribution is 0.0398. The van der Waals surface area contributed by atoms with Gasteiger partial charge in [0.25, 0.3) is 0 Å². The van der Waals surface area contributed by atoms with E-state index in [1.807, 2.05) is 25.2 Å². The fourth-order valence-electron chi connectivity index (χ4n) is 2.19. The van der Waals surface area contributed by atoms with Crippen molar-refractivity contribution in [2.45, 2.75) is 18.4 Å². The van der Waals surface area contributed by atoms with Crippen molar-refractivity contribution in [2.75, 3.05) is 20.3 Å². The van der Waals surface area contributed by atoms with Crippen LogP contribution in [0.2, 0.25) is 5.02 Å². The van der Waals surface area contributed by atoms with Crippen molar-refractivity contribution in [3.8, 4) is 0 Å². The van der Waals surface area contributed by atoms with Gasteiger partial charge in [0.1, 0.15) is 0 Å². The van der Waals surface area contributed by atoms with E-state index in [1.54, 1.807) is 0 Å². The SMILES string of the molecule is CNC1(c2cccc(Cl)c2)CCOCC1.Cl. The molecule has 2 nitrogen and oxygen atoms in total. The summed E-state index contributed by atoms with van der Waals surface area (Å²) >= 11 is 6.02. The first-order valence-electron chi connectivity index (χ1n) is 5.29. The maximum Gasteiger partial charge on any atom is 0.0486 e. The molecule has 0 spiro atoms. The highest BCUT2D eigenvalue weighted by Gasteiger charge is 2.32. The van der Waals surface area contributed by atoms with Crippen LogP contribution in [0.25, 0.3) is 0 Å². The quantitative estimate of drug-likeness (QED) is 0.884. The van der Waals surface area contributed by atoms with Crippen LogP contribution in [0.15, 0.2) is 24.3 Å². The molecule has 0 saturated carbocycles. The van der Waals surface area contributed by atoms with Crippen molar-refractivity contribution < 1.29 is 4.74 Å². The molecule has 0 atom stereocenters. The van der Waals surface area contributed by atoms with E-state index in [2.05, 4.69) is 11.4 Å². The lowest BCUT2D eigenvalue weighted by atomic mass is 9.83. The van der Waals surface area contributed by atoms with Crippen molar-refractivity contribution in [1.82, 2.24) is 5.32 Å². The summed E-state index contributed by atoms with van der Waals surface area (Å²) in [5, 5.41) is 4.22. The molecule has 1 N–H and O–H groups in total. The Morgan fingerprint density at radius 3 is 2.56 bits per heavy atom. The Hall–Kier alpha value is -0.280. The molecule has 0 aromatic heterocycles. The van der Waals surface area contributed by atoms with Gasteiger partial charge in [-0.25, -0.2) is 0 Å². The fourth-order valence-corrected chi connectivity index (χ4v) is 2.38. The van der Waals surface area contributed by atoms with Gasteiger partial charge in [0.15, 0.2) is 0 Å². The molecule has 1 fully saturated rings. The normalized spacial score (nSPS) is 18.9.